The molecule has 0 saturated heterocycles. The van der Waals surface area contributed by atoms with Crippen molar-refractivity contribution in [3.05, 3.63) is 94.7 Å². The molecule has 2 heterocycles. The van der Waals surface area contributed by atoms with Crippen molar-refractivity contribution in [2.75, 3.05) is 0 Å². The van der Waals surface area contributed by atoms with Crippen LogP contribution in [0.4, 0.5) is 13.6 Å². The molecule has 3 aromatic carbocycles. The Kier molecular flexibility index (Phi) is 5.37. The molecule has 2 amide bonds. The zero-order chi connectivity index (χ0) is 23.8. The summed E-state index contributed by atoms with van der Waals surface area (Å²) >= 11 is 0. The topological polar surface area (TPSA) is 104 Å². The largest absolute Gasteiger partial charge is 0.465 e. The first-order valence-corrected chi connectivity index (χ1v) is 10.5. The minimum atomic E-state index is -1.32. The first kappa shape index (κ1) is 21.4. The van der Waals surface area contributed by atoms with Gasteiger partial charge in [-0.05, 0) is 47.9 Å². The normalized spacial score (nSPS) is 13.4. The number of benzene rings is 3. The van der Waals surface area contributed by atoms with E-state index in [1.165, 1.54) is 0 Å². The number of nitrogens with zero attached hydrogens (tertiary/aromatic N) is 2. The molecule has 0 spiro atoms. The van der Waals surface area contributed by atoms with Gasteiger partial charge in [0, 0.05) is 23.7 Å². The van der Waals surface area contributed by atoms with E-state index in [0.29, 0.717) is 34.4 Å². The lowest BCUT2D eigenvalue weighted by molar-refractivity contribution is 0.0965. The number of hydrogen-bond donors (Lipinski definition) is 3. The van der Waals surface area contributed by atoms with E-state index >= 15 is 0 Å². The molecular formula is C25H18F2N4O3. The van der Waals surface area contributed by atoms with Gasteiger partial charge in [-0.3, -0.25) is 4.79 Å². The van der Waals surface area contributed by atoms with E-state index in [4.69, 9.17) is 4.98 Å². The molecule has 1 atom stereocenters. The van der Waals surface area contributed by atoms with Crippen molar-refractivity contribution in [1.82, 2.24) is 20.6 Å². The van der Waals surface area contributed by atoms with Crippen LogP contribution in [-0.2, 0) is 13.0 Å². The molecule has 0 aliphatic carbocycles. The minimum absolute atomic E-state index is 0.0631. The molecule has 0 radical (unpaired) electrons. The van der Waals surface area contributed by atoms with Crippen LogP contribution in [0, 0.1) is 11.6 Å². The number of carbonyl (C=O) groups is 2. The molecule has 1 aliphatic heterocycles. The quantitative estimate of drug-likeness (QED) is 0.410. The Morgan fingerprint density at radius 1 is 1.03 bits per heavy atom. The van der Waals surface area contributed by atoms with Crippen LogP contribution in [0.25, 0.3) is 22.3 Å². The third-order valence-electron chi connectivity index (χ3n) is 5.65. The Balaban J connectivity index is 1.68. The Bertz CT molecular complexity index is 1440. The maximum atomic E-state index is 13.8. The molecule has 1 aromatic heterocycles. The molecule has 4 aromatic rings. The second-order valence-corrected chi connectivity index (χ2v) is 7.98. The molecule has 7 nitrogen and oxygen atoms in total. The van der Waals surface area contributed by atoms with Crippen LogP contribution >= 0.6 is 0 Å². The first-order chi connectivity index (χ1) is 16.4. The van der Waals surface area contributed by atoms with Gasteiger partial charge in [0.15, 0.2) is 0 Å². The number of carboxylic acid groups (broad SMARTS) is 1. The van der Waals surface area contributed by atoms with Gasteiger partial charge >= 0.3 is 6.09 Å². The van der Waals surface area contributed by atoms with Crippen LogP contribution in [0.15, 0.2) is 60.7 Å². The number of aromatic nitrogens is 2. The Labute approximate surface area is 192 Å². The summed E-state index contributed by atoms with van der Waals surface area (Å²) < 4.78 is 27.6. The summed E-state index contributed by atoms with van der Waals surface area (Å²) in [6.07, 6.45) is -1.39. The predicted octanol–water partition coefficient (Wildman–Crippen LogP) is 4.37. The average molecular weight is 460 g/mol. The van der Waals surface area contributed by atoms with Gasteiger partial charge in [-0.25, -0.2) is 23.5 Å². The summed E-state index contributed by atoms with van der Waals surface area (Å²) in [6, 6.07) is 14.5. The lowest BCUT2D eigenvalue weighted by Gasteiger charge is -2.20. The first-order valence-electron chi connectivity index (χ1n) is 10.5. The van der Waals surface area contributed by atoms with Crippen molar-refractivity contribution >= 4 is 23.0 Å². The standard InChI is InChI=1S/C25H18F2N4O3/c26-16-7-13(8-17(27)11-16)9-21(31-25(33)34)23-22(29-19-3-1-2-4-20(19)30-23)14-5-6-15-12-28-24(32)18(15)10-14/h1-8,10-11,21,31H,9,12H2,(H,28,32)(H,33,34)/t21-/m0/s1. The molecule has 0 fully saturated rings. The van der Waals surface area contributed by atoms with Gasteiger partial charge in [-0.1, -0.05) is 24.3 Å². The number of para-hydroxylation sites is 2. The van der Waals surface area contributed by atoms with Crippen LogP contribution in [0.3, 0.4) is 0 Å². The summed E-state index contributed by atoms with van der Waals surface area (Å²) in [6.45, 7) is 0.430. The number of carbonyl (C=O) groups excluding carboxylic acids is 1. The maximum Gasteiger partial charge on any atom is 0.405 e. The van der Waals surface area contributed by atoms with Crippen molar-refractivity contribution in [1.29, 1.82) is 0 Å². The summed E-state index contributed by atoms with van der Waals surface area (Å²) in [5.74, 6) is -1.74. The highest BCUT2D eigenvalue weighted by Crippen LogP contribution is 2.32. The smallest absolute Gasteiger partial charge is 0.405 e. The zero-order valence-corrected chi connectivity index (χ0v) is 17.7. The van der Waals surface area contributed by atoms with Crippen molar-refractivity contribution in [3.8, 4) is 11.3 Å². The fourth-order valence-electron chi connectivity index (χ4n) is 4.16. The van der Waals surface area contributed by atoms with E-state index in [9.17, 15) is 23.5 Å². The Morgan fingerprint density at radius 2 is 1.74 bits per heavy atom. The van der Waals surface area contributed by atoms with Gasteiger partial charge in [0.2, 0.25) is 0 Å². The fraction of sp³-hybridized carbons (Fsp3) is 0.120. The van der Waals surface area contributed by atoms with Crippen molar-refractivity contribution in [2.45, 2.75) is 19.0 Å². The SMILES string of the molecule is O=C(O)N[C@@H](Cc1cc(F)cc(F)c1)c1nc2ccccc2nc1-c1ccc2c(c1)C(=O)NC2. The Morgan fingerprint density at radius 3 is 2.44 bits per heavy atom. The molecule has 1 aliphatic rings. The van der Waals surface area contributed by atoms with E-state index in [-0.39, 0.29) is 23.6 Å². The molecule has 9 heteroatoms. The summed E-state index contributed by atoms with van der Waals surface area (Å²) in [4.78, 5) is 33.3. The molecule has 170 valence electrons. The summed E-state index contributed by atoms with van der Waals surface area (Å²) in [5.41, 5.74) is 3.95. The molecule has 3 N–H and O–H groups in total. The van der Waals surface area contributed by atoms with E-state index < -0.39 is 23.8 Å². The molecule has 0 saturated carbocycles. The number of halogens is 2. The number of rotatable bonds is 5. The van der Waals surface area contributed by atoms with Crippen molar-refractivity contribution in [2.24, 2.45) is 0 Å². The van der Waals surface area contributed by atoms with Crippen LogP contribution < -0.4 is 10.6 Å². The minimum Gasteiger partial charge on any atom is -0.465 e. The number of amides is 2. The van der Waals surface area contributed by atoms with Crippen molar-refractivity contribution in [3.63, 3.8) is 0 Å². The lowest BCUT2D eigenvalue weighted by atomic mass is 9.96. The molecule has 5 rings (SSSR count). The highest BCUT2D eigenvalue weighted by molar-refractivity contribution is 5.99. The van der Waals surface area contributed by atoms with Crippen LogP contribution in [0.5, 0.6) is 0 Å². The van der Waals surface area contributed by atoms with Gasteiger partial charge in [0.1, 0.15) is 11.6 Å². The van der Waals surface area contributed by atoms with Gasteiger partial charge in [0.05, 0.1) is 28.5 Å². The predicted molar refractivity (Wildman–Crippen MR) is 120 cm³/mol. The van der Waals surface area contributed by atoms with Gasteiger partial charge < -0.3 is 15.7 Å². The lowest BCUT2D eigenvalue weighted by Crippen LogP contribution is -2.30. The average Bonchev–Trinajstić information content (AvgIpc) is 3.17. The summed E-state index contributed by atoms with van der Waals surface area (Å²) in [7, 11) is 0. The summed E-state index contributed by atoms with van der Waals surface area (Å²) in [5, 5.41) is 14.7. The number of hydrogen-bond acceptors (Lipinski definition) is 4. The number of fused-ring (bicyclic) bond motifs is 2. The van der Waals surface area contributed by atoms with E-state index in [0.717, 1.165) is 23.8 Å². The monoisotopic (exact) mass is 460 g/mol. The van der Waals surface area contributed by atoms with Gasteiger partial charge in [-0.15, -0.1) is 0 Å². The molecular weight excluding hydrogens is 442 g/mol. The number of nitrogens with one attached hydrogen (secondary N) is 2. The van der Waals surface area contributed by atoms with Crippen molar-refractivity contribution < 1.29 is 23.5 Å². The van der Waals surface area contributed by atoms with Crippen LogP contribution in [-0.4, -0.2) is 27.1 Å². The zero-order valence-electron chi connectivity index (χ0n) is 17.7. The molecule has 34 heavy (non-hydrogen) atoms. The fourth-order valence-corrected chi connectivity index (χ4v) is 4.16. The van der Waals surface area contributed by atoms with Gasteiger partial charge in [0.25, 0.3) is 5.91 Å². The van der Waals surface area contributed by atoms with E-state index in [1.54, 1.807) is 36.4 Å². The third-order valence-corrected chi connectivity index (χ3v) is 5.65. The maximum absolute atomic E-state index is 13.8. The highest BCUT2D eigenvalue weighted by atomic mass is 19.1. The molecule has 0 unspecified atom stereocenters. The Hall–Kier alpha value is -4.40. The van der Waals surface area contributed by atoms with Crippen LogP contribution in [0.1, 0.15) is 33.2 Å². The third kappa shape index (κ3) is 4.15. The van der Waals surface area contributed by atoms with Crippen LogP contribution in [0.2, 0.25) is 0 Å². The van der Waals surface area contributed by atoms with E-state index in [1.807, 2.05) is 6.07 Å². The van der Waals surface area contributed by atoms with Gasteiger partial charge in [-0.2, -0.15) is 0 Å². The molecule has 0 bridgehead atoms. The van der Waals surface area contributed by atoms with E-state index in [2.05, 4.69) is 15.6 Å². The second kappa shape index (κ2) is 8.51. The second-order valence-electron chi connectivity index (χ2n) is 7.98. The highest BCUT2D eigenvalue weighted by Gasteiger charge is 2.25.